The minimum Gasteiger partial charge on any atom is -0.294 e. The maximum atomic E-state index is 11.7. The van der Waals surface area contributed by atoms with Gasteiger partial charge in [-0.1, -0.05) is 27.8 Å². The Hall–Kier alpha value is -1.80. The first-order valence-electron chi connectivity index (χ1n) is 6.97. The molecule has 1 aliphatic rings. The standard InChI is InChI=1S/C16H17BrN2O2/c17-11-4-2-1-3-5-13-6-8-14(9-7-13)19-12-10-15(20)18-16(19)21/h6-9H,1-2,4,10-12H2,(H,18,20,21). The molecule has 110 valence electrons. The summed E-state index contributed by atoms with van der Waals surface area (Å²) < 4.78 is 0. The molecule has 1 aromatic rings. The summed E-state index contributed by atoms with van der Waals surface area (Å²) in [4.78, 5) is 24.4. The van der Waals surface area contributed by atoms with Gasteiger partial charge in [-0.15, -0.1) is 0 Å². The van der Waals surface area contributed by atoms with Crippen LogP contribution in [-0.4, -0.2) is 23.8 Å². The summed E-state index contributed by atoms with van der Waals surface area (Å²) in [5, 5.41) is 3.33. The lowest BCUT2D eigenvalue weighted by atomic mass is 10.1. The summed E-state index contributed by atoms with van der Waals surface area (Å²) in [5.74, 6) is 6.03. The van der Waals surface area contributed by atoms with E-state index >= 15 is 0 Å². The summed E-state index contributed by atoms with van der Waals surface area (Å²) in [5.41, 5.74) is 1.72. The van der Waals surface area contributed by atoms with Crippen LogP contribution >= 0.6 is 15.9 Å². The SMILES string of the molecule is O=C1CCN(c2ccc(C#CCCCCBr)cc2)C(=O)N1. The van der Waals surface area contributed by atoms with Crippen molar-refractivity contribution in [1.29, 1.82) is 0 Å². The Bertz CT molecular complexity index is 572. The van der Waals surface area contributed by atoms with E-state index in [1.807, 2.05) is 24.3 Å². The zero-order chi connectivity index (χ0) is 15.1. The molecular formula is C16H17BrN2O2. The largest absolute Gasteiger partial charge is 0.328 e. The molecule has 0 aromatic heterocycles. The Morgan fingerprint density at radius 2 is 1.95 bits per heavy atom. The molecule has 1 aromatic carbocycles. The molecule has 0 aliphatic carbocycles. The number of urea groups is 1. The molecule has 1 saturated heterocycles. The first-order chi connectivity index (χ1) is 10.2. The van der Waals surface area contributed by atoms with Gasteiger partial charge in [-0.25, -0.2) is 4.79 Å². The summed E-state index contributed by atoms with van der Waals surface area (Å²) in [6.07, 6.45) is 3.46. The van der Waals surface area contributed by atoms with Gasteiger partial charge in [0.05, 0.1) is 0 Å². The van der Waals surface area contributed by atoms with Crippen molar-refractivity contribution in [2.24, 2.45) is 0 Å². The number of anilines is 1. The van der Waals surface area contributed by atoms with E-state index in [-0.39, 0.29) is 11.9 Å². The molecule has 5 heteroatoms. The number of imide groups is 1. The summed E-state index contributed by atoms with van der Waals surface area (Å²) in [6.45, 7) is 0.419. The van der Waals surface area contributed by atoms with Gasteiger partial charge in [0.15, 0.2) is 0 Å². The third-order valence-corrected chi connectivity index (χ3v) is 3.71. The number of carbonyl (C=O) groups excluding carboxylic acids is 2. The van der Waals surface area contributed by atoms with Gasteiger partial charge >= 0.3 is 6.03 Å². The van der Waals surface area contributed by atoms with Crippen LogP contribution in [0.1, 0.15) is 31.2 Å². The van der Waals surface area contributed by atoms with Crippen molar-refractivity contribution in [3.05, 3.63) is 29.8 Å². The number of unbranched alkanes of at least 4 members (excludes halogenated alkanes) is 2. The van der Waals surface area contributed by atoms with Crippen LogP contribution in [0.5, 0.6) is 0 Å². The second kappa shape index (κ2) is 7.84. The Balaban J connectivity index is 1.95. The van der Waals surface area contributed by atoms with Gasteiger partial charge < -0.3 is 0 Å². The Morgan fingerprint density at radius 1 is 1.19 bits per heavy atom. The number of carbonyl (C=O) groups is 2. The average Bonchev–Trinajstić information content (AvgIpc) is 2.48. The topological polar surface area (TPSA) is 49.4 Å². The van der Waals surface area contributed by atoms with Crippen LogP contribution in [0.15, 0.2) is 24.3 Å². The number of benzene rings is 1. The number of rotatable bonds is 4. The number of hydrogen-bond acceptors (Lipinski definition) is 2. The van der Waals surface area contributed by atoms with Crippen molar-refractivity contribution in [3.63, 3.8) is 0 Å². The van der Waals surface area contributed by atoms with Gasteiger partial charge in [0.25, 0.3) is 0 Å². The van der Waals surface area contributed by atoms with Crippen molar-refractivity contribution in [1.82, 2.24) is 5.32 Å². The van der Waals surface area contributed by atoms with E-state index in [1.54, 1.807) is 4.90 Å². The van der Waals surface area contributed by atoms with Crippen LogP contribution in [0.3, 0.4) is 0 Å². The molecule has 21 heavy (non-hydrogen) atoms. The summed E-state index contributed by atoms with van der Waals surface area (Å²) in [7, 11) is 0. The number of alkyl halides is 1. The molecule has 0 bridgehead atoms. The average molecular weight is 349 g/mol. The van der Waals surface area contributed by atoms with Crippen LogP contribution in [-0.2, 0) is 4.79 Å². The van der Waals surface area contributed by atoms with E-state index in [0.29, 0.717) is 13.0 Å². The molecule has 4 nitrogen and oxygen atoms in total. The molecule has 1 N–H and O–H groups in total. The van der Waals surface area contributed by atoms with Crippen molar-refractivity contribution < 1.29 is 9.59 Å². The second-order valence-electron chi connectivity index (χ2n) is 4.75. The lowest BCUT2D eigenvalue weighted by Crippen LogP contribution is -2.49. The minimum atomic E-state index is -0.361. The molecule has 0 unspecified atom stereocenters. The summed E-state index contributed by atoms with van der Waals surface area (Å²) in [6, 6.07) is 7.16. The summed E-state index contributed by atoms with van der Waals surface area (Å²) >= 11 is 3.39. The van der Waals surface area contributed by atoms with Crippen molar-refractivity contribution in [2.45, 2.75) is 25.7 Å². The third kappa shape index (κ3) is 4.61. The Labute approximate surface area is 133 Å². The Morgan fingerprint density at radius 3 is 2.62 bits per heavy atom. The van der Waals surface area contributed by atoms with Gasteiger partial charge in [0, 0.05) is 36.0 Å². The molecule has 1 fully saturated rings. The molecule has 0 radical (unpaired) electrons. The monoisotopic (exact) mass is 348 g/mol. The zero-order valence-electron chi connectivity index (χ0n) is 11.7. The number of nitrogens with zero attached hydrogens (tertiary/aromatic N) is 1. The van der Waals surface area contributed by atoms with Crippen LogP contribution in [0.2, 0.25) is 0 Å². The van der Waals surface area contributed by atoms with Gasteiger partial charge in [0.2, 0.25) is 5.91 Å². The number of halogens is 1. The highest BCUT2D eigenvalue weighted by atomic mass is 79.9. The predicted octanol–water partition coefficient (Wildman–Crippen LogP) is 3.05. The molecular weight excluding hydrogens is 332 g/mol. The minimum absolute atomic E-state index is 0.220. The van der Waals surface area contributed by atoms with Gasteiger partial charge in [-0.2, -0.15) is 0 Å². The molecule has 0 atom stereocenters. The molecule has 3 amide bonds. The van der Waals surface area contributed by atoms with Crippen molar-refractivity contribution in [3.8, 4) is 11.8 Å². The van der Waals surface area contributed by atoms with Crippen molar-refractivity contribution in [2.75, 3.05) is 16.8 Å². The van der Waals surface area contributed by atoms with E-state index in [4.69, 9.17) is 0 Å². The van der Waals surface area contributed by atoms with E-state index in [9.17, 15) is 9.59 Å². The van der Waals surface area contributed by atoms with Crippen LogP contribution < -0.4 is 10.2 Å². The number of hydrogen-bond donors (Lipinski definition) is 1. The number of amides is 3. The van der Waals surface area contributed by atoms with Crippen molar-refractivity contribution >= 4 is 33.6 Å². The molecule has 0 saturated carbocycles. The fourth-order valence-electron chi connectivity index (χ4n) is 2.01. The first kappa shape index (κ1) is 15.6. The van der Waals surface area contributed by atoms with Gasteiger partial charge in [-0.3, -0.25) is 15.0 Å². The van der Waals surface area contributed by atoms with E-state index < -0.39 is 0 Å². The maximum absolute atomic E-state index is 11.7. The molecule has 0 spiro atoms. The fraction of sp³-hybridized carbons (Fsp3) is 0.375. The van der Waals surface area contributed by atoms with Gasteiger partial charge in [0.1, 0.15) is 0 Å². The van der Waals surface area contributed by atoms with Gasteiger partial charge in [-0.05, 0) is 37.1 Å². The highest BCUT2D eigenvalue weighted by molar-refractivity contribution is 9.09. The van der Waals surface area contributed by atoms with Crippen LogP contribution in [0.4, 0.5) is 10.5 Å². The molecule has 1 aliphatic heterocycles. The molecule has 2 rings (SSSR count). The van der Waals surface area contributed by atoms with E-state index in [2.05, 4.69) is 33.1 Å². The zero-order valence-corrected chi connectivity index (χ0v) is 13.3. The highest BCUT2D eigenvalue weighted by Gasteiger charge is 2.23. The third-order valence-electron chi connectivity index (χ3n) is 3.15. The number of nitrogens with one attached hydrogen (secondary N) is 1. The normalized spacial score (nSPS) is 14.4. The quantitative estimate of drug-likeness (QED) is 0.516. The highest BCUT2D eigenvalue weighted by Crippen LogP contribution is 2.17. The maximum Gasteiger partial charge on any atom is 0.328 e. The molecule has 1 heterocycles. The predicted molar refractivity (Wildman–Crippen MR) is 86.5 cm³/mol. The second-order valence-corrected chi connectivity index (χ2v) is 5.54. The van der Waals surface area contributed by atoms with E-state index in [1.165, 1.54) is 0 Å². The fourth-order valence-corrected chi connectivity index (χ4v) is 2.40. The lowest BCUT2D eigenvalue weighted by molar-refractivity contribution is -0.120. The van der Waals surface area contributed by atoms with Crippen LogP contribution in [0.25, 0.3) is 0 Å². The van der Waals surface area contributed by atoms with E-state index in [0.717, 1.165) is 35.8 Å². The first-order valence-corrected chi connectivity index (χ1v) is 8.09. The Kier molecular flexibility index (Phi) is 5.82. The van der Waals surface area contributed by atoms with Crippen LogP contribution in [0, 0.1) is 11.8 Å². The lowest BCUT2D eigenvalue weighted by Gasteiger charge is -2.26. The smallest absolute Gasteiger partial charge is 0.294 e.